The maximum absolute atomic E-state index is 14.0. The van der Waals surface area contributed by atoms with Gasteiger partial charge in [0.2, 0.25) is 11.8 Å². The van der Waals surface area contributed by atoms with Crippen molar-refractivity contribution in [1.82, 2.24) is 15.5 Å². The van der Waals surface area contributed by atoms with Crippen molar-refractivity contribution < 1.29 is 39.4 Å². The van der Waals surface area contributed by atoms with Crippen molar-refractivity contribution in [3.05, 3.63) is 35.4 Å². The molecule has 0 bridgehead atoms. The quantitative estimate of drug-likeness (QED) is 0.128. The number of rotatable bonds is 10. The van der Waals surface area contributed by atoms with E-state index >= 15 is 0 Å². The minimum atomic E-state index is -3.89. The van der Waals surface area contributed by atoms with Crippen LogP contribution in [0.15, 0.2) is 29.4 Å². The van der Waals surface area contributed by atoms with Crippen LogP contribution in [0.5, 0.6) is 0 Å². The number of likely N-dealkylation sites (tertiary alicyclic amines) is 1. The van der Waals surface area contributed by atoms with Gasteiger partial charge in [-0.1, -0.05) is 48.5 Å². The Morgan fingerprint density at radius 1 is 1.29 bits per heavy atom. The van der Waals surface area contributed by atoms with Crippen LogP contribution < -0.4 is 16.4 Å². The summed E-state index contributed by atoms with van der Waals surface area (Å²) in [7, 11) is 0. The molecule has 10 heteroatoms. The van der Waals surface area contributed by atoms with Crippen molar-refractivity contribution in [1.29, 1.82) is 0 Å². The average molecular weight is 485 g/mol. The fourth-order valence-electron chi connectivity index (χ4n) is 3.36. The van der Waals surface area contributed by atoms with Crippen LogP contribution in [0.1, 0.15) is 71.4 Å². The van der Waals surface area contributed by atoms with E-state index < -0.39 is 74.2 Å². The Morgan fingerprint density at radius 3 is 2.59 bits per heavy atom. The normalized spacial score (nSPS) is 32.9. The van der Waals surface area contributed by atoms with E-state index in [-0.39, 0.29) is 32.0 Å². The summed E-state index contributed by atoms with van der Waals surface area (Å²) in [5.74, 6) is -6.86. The van der Waals surface area contributed by atoms with Gasteiger partial charge in [-0.05, 0) is 37.5 Å². The van der Waals surface area contributed by atoms with Gasteiger partial charge in [-0.3, -0.25) is 19.7 Å². The summed E-state index contributed by atoms with van der Waals surface area (Å²) in [5.41, 5.74) is 6.54. The van der Waals surface area contributed by atoms with Crippen molar-refractivity contribution in [2.24, 2.45) is 16.8 Å². The summed E-state index contributed by atoms with van der Waals surface area (Å²) in [5, 5.41) is 16.5. The molecule has 186 valence electrons. The van der Waals surface area contributed by atoms with Crippen LogP contribution >= 0.6 is 0 Å². The van der Waals surface area contributed by atoms with E-state index in [1.165, 1.54) is 19.1 Å². The molecule has 0 aromatic heterocycles. The Morgan fingerprint density at radius 2 is 2.00 bits per heavy atom. The molecule has 1 saturated carbocycles. The number of carbonyl (C=O) groups excluding carboxylic acids is 3. The lowest BCUT2D eigenvalue weighted by atomic mass is 9.82. The Hall–Kier alpha value is -3.14. The van der Waals surface area contributed by atoms with Crippen LogP contribution in [-0.4, -0.2) is 65.5 Å². The first-order valence-corrected chi connectivity index (χ1v) is 10.6. The molecule has 1 aliphatic carbocycles. The molecule has 0 radical (unpaired) electrons. The topological polar surface area (TPSA) is 146 Å². The number of carbonyl (C=O) groups is 3. The lowest BCUT2D eigenvalue weighted by molar-refractivity contribution is -0.151. The second-order valence-corrected chi connectivity index (χ2v) is 7.39. The van der Waals surface area contributed by atoms with Crippen molar-refractivity contribution in [2.75, 3.05) is 19.7 Å². The number of benzene rings is 1. The average Bonchev–Trinajstić information content (AvgIpc) is 2.94. The highest BCUT2D eigenvalue weighted by molar-refractivity contribution is 5.97. The van der Waals surface area contributed by atoms with Crippen LogP contribution in [0.2, 0.25) is 0 Å². The molecule has 2 amide bonds. The summed E-state index contributed by atoms with van der Waals surface area (Å²) in [6.07, 6.45) is -19.2. The van der Waals surface area contributed by atoms with Gasteiger partial charge >= 0.3 is 5.97 Å². The SMILES string of the molecule is [2H]C1([2H])C([2H])([2H])C([2H])([2H])C([2H])(C(NCC(=O)OCC)C(=O)N2CC[C@H]2C(=O)NCc2ccc(C(N)=NO)cc2)C([2H])([2H])C1([2H])[2H]. The van der Waals surface area contributed by atoms with Crippen molar-refractivity contribution in [2.45, 2.75) is 63.8 Å². The van der Waals surface area contributed by atoms with E-state index in [0.29, 0.717) is 11.1 Å². The van der Waals surface area contributed by atoms with E-state index in [9.17, 15) is 14.4 Å². The molecule has 10 nitrogen and oxygen atoms in total. The second-order valence-electron chi connectivity index (χ2n) is 7.39. The first-order chi connectivity index (χ1) is 20.6. The molecule has 2 atom stereocenters. The fraction of sp³-hybridized carbons (Fsp3) is 0.583. The zero-order valence-corrected chi connectivity index (χ0v) is 18.6. The molecular weight excluding hydrogens is 438 g/mol. The van der Waals surface area contributed by atoms with Crippen LogP contribution in [-0.2, 0) is 25.7 Å². The van der Waals surface area contributed by atoms with Crippen molar-refractivity contribution >= 4 is 23.6 Å². The number of oxime groups is 1. The highest BCUT2D eigenvalue weighted by Crippen LogP contribution is 2.29. The molecule has 3 rings (SSSR count). The molecule has 1 unspecified atom stereocenters. The number of amidine groups is 1. The molecular formula is C24H35N5O5. The lowest BCUT2D eigenvalue weighted by Crippen LogP contribution is -2.63. The van der Waals surface area contributed by atoms with Crippen LogP contribution in [0.3, 0.4) is 0 Å². The van der Waals surface area contributed by atoms with Crippen molar-refractivity contribution in [3.8, 4) is 0 Å². The fourth-order valence-corrected chi connectivity index (χ4v) is 3.36. The third-order valence-corrected chi connectivity index (χ3v) is 5.24. The van der Waals surface area contributed by atoms with E-state index in [1.807, 2.05) is 0 Å². The van der Waals surface area contributed by atoms with Crippen molar-refractivity contribution in [3.63, 3.8) is 0 Å². The molecule has 34 heavy (non-hydrogen) atoms. The summed E-state index contributed by atoms with van der Waals surface area (Å²) < 4.78 is 97.2. The first-order valence-electron chi connectivity index (χ1n) is 16.1. The lowest BCUT2D eigenvalue weighted by Gasteiger charge is -2.43. The number of esters is 1. The summed E-state index contributed by atoms with van der Waals surface area (Å²) in [4.78, 5) is 40.1. The largest absolute Gasteiger partial charge is 0.465 e. The van der Waals surface area contributed by atoms with Gasteiger partial charge < -0.3 is 25.9 Å². The van der Waals surface area contributed by atoms with Gasteiger partial charge in [0.1, 0.15) is 6.04 Å². The summed E-state index contributed by atoms with van der Waals surface area (Å²) in [6.45, 7) is 0.291. The molecule has 0 spiro atoms. The van der Waals surface area contributed by atoms with Gasteiger partial charge in [-0.2, -0.15) is 0 Å². The first kappa shape index (κ1) is 14.3. The highest BCUT2D eigenvalue weighted by atomic mass is 16.5. The number of hydrogen-bond donors (Lipinski definition) is 4. The van der Waals surface area contributed by atoms with Gasteiger partial charge in [-0.25, -0.2) is 0 Å². The number of nitrogens with zero attached hydrogens (tertiary/aromatic N) is 2. The van der Waals surface area contributed by atoms with Crippen LogP contribution in [0.25, 0.3) is 0 Å². The predicted molar refractivity (Wildman–Crippen MR) is 126 cm³/mol. The maximum Gasteiger partial charge on any atom is 0.319 e. The number of ether oxygens (including phenoxy) is 1. The molecule has 1 heterocycles. The molecule has 1 aromatic rings. The van der Waals surface area contributed by atoms with E-state index in [1.54, 1.807) is 12.1 Å². The predicted octanol–water partition coefficient (Wildman–Crippen LogP) is 1.10. The summed E-state index contributed by atoms with van der Waals surface area (Å²) in [6, 6.07) is 2.55. The zero-order valence-electron chi connectivity index (χ0n) is 29.6. The van der Waals surface area contributed by atoms with E-state index in [2.05, 4.69) is 15.8 Å². The number of amides is 2. The van der Waals surface area contributed by atoms with Gasteiger partial charge in [-0.15, -0.1) is 0 Å². The number of hydrogen-bond acceptors (Lipinski definition) is 7. The van der Waals surface area contributed by atoms with Crippen LogP contribution in [0, 0.1) is 5.89 Å². The Labute approximate surface area is 215 Å². The van der Waals surface area contributed by atoms with Gasteiger partial charge in [0.15, 0.2) is 5.84 Å². The Kier molecular flexibility index (Phi) is 5.20. The molecule has 5 N–H and O–H groups in total. The molecule has 1 saturated heterocycles. The standard InChI is InChI=1S/C24H35N5O5/c1-2-34-20(30)15-26-21(17-6-4-3-5-7-17)24(32)29-13-12-19(29)23(31)27-14-16-8-10-18(11-9-16)22(25)28-33/h8-11,17,19,21,26,33H,2-7,12-15H2,1H3,(H2,25,28)(H,27,31)/t19-,21?/m0/s1/i3D2,4D2,5D2,6D2,7D2,17D. The molecule has 2 fully saturated rings. The second kappa shape index (κ2) is 12.4. The maximum atomic E-state index is 14.0. The van der Waals surface area contributed by atoms with Gasteiger partial charge in [0.25, 0.3) is 0 Å². The highest BCUT2D eigenvalue weighted by Gasteiger charge is 2.42. The van der Waals surface area contributed by atoms with Crippen LogP contribution in [0.4, 0.5) is 0 Å². The third-order valence-electron chi connectivity index (χ3n) is 5.24. The van der Waals surface area contributed by atoms with Gasteiger partial charge in [0.05, 0.1) is 19.2 Å². The van der Waals surface area contributed by atoms with Gasteiger partial charge in [0, 0.05) is 33.7 Å². The van der Waals surface area contributed by atoms with E-state index in [4.69, 9.17) is 30.8 Å². The number of nitrogens with two attached hydrogens (primary N) is 1. The zero-order chi connectivity index (χ0) is 34.4. The van der Waals surface area contributed by atoms with E-state index in [0.717, 1.165) is 4.90 Å². The Bertz CT molecular complexity index is 1310. The molecule has 1 aromatic carbocycles. The minimum absolute atomic E-state index is 0.0265. The monoisotopic (exact) mass is 484 g/mol. The molecule has 2 aliphatic rings. The third kappa shape index (κ3) is 6.47. The Balaban J connectivity index is 1.97. The smallest absolute Gasteiger partial charge is 0.319 e. The summed E-state index contributed by atoms with van der Waals surface area (Å²) >= 11 is 0. The molecule has 1 aliphatic heterocycles. The number of nitrogens with one attached hydrogen (secondary N) is 2. The minimum Gasteiger partial charge on any atom is -0.465 e.